The van der Waals surface area contributed by atoms with E-state index in [2.05, 4.69) is 0 Å². The Labute approximate surface area is 109 Å². The Morgan fingerprint density at radius 2 is 2.28 bits per heavy atom. The molecule has 1 fully saturated rings. The third-order valence-electron chi connectivity index (χ3n) is 3.11. The van der Waals surface area contributed by atoms with Crippen molar-refractivity contribution < 1.29 is 9.72 Å². The normalized spacial score (nSPS) is 19.3. The summed E-state index contributed by atoms with van der Waals surface area (Å²) in [6.45, 7) is 2.12. The standard InChI is InChI=1S/C12H13ClN2O3/c1-8-3-2-4-10(12(8)15(17)18)14-7-9(6-13)5-11(14)16/h2-4,9H,5-7H2,1H3. The van der Waals surface area contributed by atoms with Crippen LogP contribution in [0.15, 0.2) is 18.2 Å². The largest absolute Gasteiger partial charge is 0.306 e. The van der Waals surface area contributed by atoms with Gasteiger partial charge in [0.15, 0.2) is 0 Å². The molecule has 1 amide bonds. The molecule has 1 heterocycles. The molecular formula is C12H13ClN2O3. The number of benzene rings is 1. The van der Waals surface area contributed by atoms with Crippen molar-refractivity contribution in [3.8, 4) is 0 Å². The van der Waals surface area contributed by atoms with Crippen molar-refractivity contribution >= 4 is 28.9 Å². The summed E-state index contributed by atoms with van der Waals surface area (Å²) in [7, 11) is 0. The number of nitrogens with zero attached hydrogens (tertiary/aromatic N) is 2. The molecular weight excluding hydrogens is 256 g/mol. The van der Waals surface area contributed by atoms with Crippen molar-refractivity contribution in [1.29, 1.82) is 0 Å². The van der Waals surface area contributed by atoms with Gasteiger partial charge in [-0.25, -0.2) is 0 Å². The van der Waals surface area contributed by atoms with Gasteiger partial charge in [-0.3, -0.25) is 14.9 Å². The van der Waals surface area contributed by atoms with Gasteiger partial charge in [0.2, 0.25) is 5.91 Å². The number of anilines is 1. The second kappa shape index (κ2) is 4.94. The maximum absolute atomic E-state index is 11.9. The van der Waals surface area contributed by atoms with Crippen molar-refractivity contribution in [3.05, 3.63) is 33.9 Å². The first-order valence-electron chi connectivity index (χ1n) is 5.65. The van der Waals surface area contributed by atoms with Gasteiger partial charge in [-0.2, -0.15) is 0 Å². The van der Waals surface area contributed by atoms with E-state index in [1.165, 1.54) is 4.90 Å². The fourth-order valence-electron chi connectivity index (χ4n) is 2.22. The van der Waals surface area contributed by atoms with Crippen molar-refractivity contribution in [2.75, 3.05) is 17.3 Å². The molecule has 96 valence electrons. The number of carbonyl (C=O) groups excluding carboxylic acids is 1. The number of aryl methyl sites for hydroxylation is 1. The molecule has 18 heavy (non-hydrogen) atoms. The minimum atomic E-state index is -0.439. The second-order valence-corrected chi connectivity index (χ2v) is 4.74. The molecule has 1 aliphatic rings. The summed E-state index contributed by atoms with van der Waals surface area (Å²) in [5.41, 5.74) is 0.929. The van der Waals surface area contributed by atoms with Gasteiger partial charge >= 0.3 is 0 Å². The fourth-order valence-corrected chi connectivity index (χ4v) is 2.42. The van der Waals surface area contributed by atoms with Crippen LogP contribution >= 0.6 is 11.6 Å². The monoisotopic (exact) mass is 268 g/mol. The average molecular weight is 269 g/mol. The zero-order valence-corrected chi connectivity index (χ0v) is 10.7. The summed E-state index contributed by atoms with van der Waals surface area (Å²) < 4.78 is 0. The molecule has 0 aromatic heterocycles. The van der Waals surface area contributed by atoms with E-state index in [1.54, 1.807) is 25.1 Å². The fraction of sp³-hybridized carbons (Fsp3) is 0.417. The lowest BCUT2D eigenvalue weighted by Gasteiger charge is -2.17. The molecule has 0 bridgehead atoms. The number of carbonyl (C=O) groups is 1. The number of alkyl halides is 1. The van der Waals surface area contributed by atoms with E-state index in [1.807, 2.05) is 0 Å². The van der Waals surface area contributed by atoms with E-state index in [-0.39, 0.29) is 17.5 Å². The average Bonchev–Trinajstić information content (AvgIpc) is 2.69. The number of hydrogen-bond donors (Lipinski definition) is 0. The highest BCUT2D eigenvalue weighted by Crippen LogP contribution is 2.35. The maximum Gasteiger partial charge on any atom is 0.295 e. The van der Waals surface area contributed by atoms with Crippen molar-refractivity contribution in [2.24, 2.45) is 5.92 Å². The van der Waals surface area contributed by atoms with Gasteiger partial charge in [-0.15, -0.1) is 11.6 Å². The van der Waals surface area contributed by atoms with Crippen LogP contribution in [0.2, 0.25) is 0 Å². The molecule has 0 N–H and O–H groups in total. The highest BCUT2D eigenvalue weighted by atomic mass is 35.5. The number of rotatable bonds is 3. The summed E-state index contributed by atoms with van der Waals surface area (Å²) in [4.78, 5) is 24.0. The van der Waals surface area contributed by atoms with Gasteiger partial charge in [0.25, 0.3) is 5.69 Å². The van der Waals surface area contributed by atoms with E-state index < -0.39 is 4.92 Å². The minimum absolute atomic E-state index is 0.000993. The Morgan fingerprint density at radius 1 is 1.56 bits per heavy atom. The number of halogens is 1. The predicted octanol–water partition coefficient (Wildman–Crippen LogP) is 2.49. The Kier molecular flexibility index (Phi) is 3.52. The molecule has 0 spiro atoms. The summed E-state index contributed by atoms with van der Waals surface area (Å²) in [6.07, 6.45) is 0.356. The summed E-state index contributed by atoms with van der Waals surface area (Å²) in [5, 5.41) is 11.1. The molecule has 0 radical (unpaired) electrons. The highest BCUT2D eigenvalue weighted by Gasteiger charge is 2.34. The van der Waals surface area contributed by atoms with E-state index in [4.69, 9.17) is 11.6 Å². The molecule has 0 aliphatic carbocycles. The van der Waals surface area contributed by atoms with Crippen LogP contribution in [-0.2, 0) is 4.79 Å². The van der Waals surface area contributed by atoms with E-state index in [0.29, 0.717) is 30.1 Å². The predicted molar refractivity (Wildman–Crippen MR) is 69.0 cm³/mol. The topological polar surface area (TPSA) is 63.5 Å². The molecule has 0 saturated carbocycles. The van der Waals surface area contributed by atoms with E-state index in [0.717, 1.165) is 0 Å². The first-order valence-corrected chi connectivity index (χ1v) is 6.18. The molecule has 1 atom stereocenters. The van der Waals surface area contributed by atoms with Crippen LogP contribution in [-0.4, -0.2) is 23.3 Å². The van der Waals surface area contributed by atoms with Crippen LogP contribution in [0.3, 0.4) is 0 Å². The minimum Gasteiger partial charge on any atom is -0.306 e. The van der Waals surface area contributed by atoms with Crippen LogP contribution in [0.25, 0.3) is 0 Å². The van der Waals surface area contributed by atoms with Gasteiger partial charge in [0, 0.05) is 24.4 Å². The number of para-hydroxylation sites is 1. The maximum atomic E-state index is 11.9. The second-order valence-electron chi connectivity index (χ2n) is 4.43. The Hall–Kier alpha value is -1.62. The quantitative estimate of drug-likeness (QED) is 0.481. The Balaban J connectivity index is 2.43. The van der Waals surface area contributed by atoms with Crippen LogP contribution in [0.4, 0.5) is 11.4 Å². The van der Waals surface area contributed by atoms with Gasteiger partial charge in [0.05, 0.1) is 4.92 Å². The summed E-state index contributed by atoms with van der Waals surface area (Å²) >= 11 is 5.75. The molecule has 1 aromatic carbocycles. The molecule has 1 aliphatic heterocycles. The molecule has 1 unspecified atom stereocenters. The molecule has 6 heteroatoms. The lowest BCUT2D eigenvalue weighted by atomic mass is 10.1. The number of amides is 1. The Morgan fingerprint density at radius 3 is 2.83 bits per heavy atom. The van der Waals surface area contributed by atoms with Crippen LogP contribution < -0.4 is 4.90 Å². The SMILES string of the molecule is Cc1cccc(N2CC(CCl)CC2=O)c1[N+](=O)[O-]. The lowest BCUT2D eigenvalue weighted by molar-refractivity contribution is -0.384. The molecule has 5 nitrogen and oxygen atoms in total. The van der Waals surface area contributed by atoms with Gasteiger partial charge in [-0.05, 0) is 18.9 Å². The smallest absolute Gasteiger partial charge is 0.295 e. The van der Waals surface area contributed by atoms with E-state index in [9.17, 15) is 14.9 Å². The van der Waals surface area contributed by atoms with Crippen LogP contribution in [0.5, 0.6) is 0 Å². The first-order chi connectivity index (χ1) is 8.54. The third-order valence-corrected chi connectivity index (χ3v) is 3.55. The molecule has 2 rings (SSSR count). The van der Waals surface area contributed by atoms with Crippen LogP contribution in [0.1, 0.15) is 12.0 Å². The number of hydrogen-bond acceptors (Lipinski definition) is 3. The zero-order chi connectivity index (χ0) is 13.3. The molecule has 1 saturated heterocycles. The van der Waals surface area contributed by atoms with Crippen molar-refractivity contribution in [3.63, 3.8) is 0 Å². The number of nitro groups is 1. The Bertz CT molecular complexity index is 504. The summed E-state index contributed by atoms with van der Waals surface area (Å²) in [6, 6.07) is 5.00. The van der Waals surface area contributed by atoms with Gasteiger partial charge in [0.1, 0.15) is 5.69 Å². The first kappa shape index (κ1) is 12.8. The third kappa shape index (κ3) is 2.18. The van der Waals surface area contributed by atoms with Crippen molar-refractivity contribution in [2.45, 2.75) is 13.3 Å². The number of nitro benzene ring substituents is 1. The van der Waals surface area contributed by atoms with Crippen LogP contribution in [0, 0.1) is 23.0 Å². The summed E-state index contributed by atoms with van der Waals surface area (Å²) in [5.74, 6) is 0.357. The zero-order valence-electron chi connectivity index (χ0n) is 9.93. The van der Waals surface area contributed by atoms with Gasteiger partial charge < -0.3 is 4.90 Å². The molecule has 1 aromatic rings. The highest BCUT2D eigenvalue weighted by molar-refractivity contribution is 6.18. The van der Waals surface area contributed by atoms with Gasteiger partial charge in [-0.1, -0.05) is 12.1 Å². The lowest BCUT2D eigenvalue weighted by Crippen LogP contribution is -2.25. The van der Waals surface area contributed by atoms with E-state index >= 15 is 0 Å². The van der Waals surface area contributed by atoms with Crippen molar-refractivity contribution in [1.82, 2.24) is 0 Å².